The summed E-state index contributed by atoms with van der Waals surface area (Å²) in [4.78, 5) is 2.66. The van der Waals surface area contributed by atoms with Crippen LogP contribution in [0.1, 0.15) is 35.2 Å². The van der Waals surface area contributed by atoms with Crippen LogP contribution in [-0.4, -0.2) is 16.3 Å². The Hall–Kier alpha value is -1.52. The highest BCUT2D eigenvalue weighted by Gasteiger charge is 2.17. The molecule has 0 fully saturated rings. The predicted molar refractivity (Wildman–Crippen MR) is 83.5 cm³/mol. The van der Waals surface area contributed by atoms with Crippen LogP contribution in [0, 0.1) is 6.92 Å². The van der Waals surface area contributed by atoms with Gasteiger partial charge in [-0.1, -0.05) is 6.07 Å². The summed E-state index contributed by atoms with van der Waals surface area (Å²) in [5.41, 5.74) is 0.557. The van der Waals surface area contributed by atoms with Crippen LogP contribution < -0.4 is 5.32 Å². The molecule has 108 valence electrons. The van der Waals surface area contributed by atoms with Crippen molar-refractivity contribution in [3.8, 4) is 11.5 Å². The molecule has 2 unspecified atom stereocenters. The van der Waals surface area contributed by atoms with Gasteiger partial charge in [-0.25, -0.2) is 0 Å². The zero-order chi connectivity index (χ0) is 14.7. The lowest BCUT2D eigenvalue weighted by Gasteiger charge is -2.21. The Bertz CT molecular complexity index is 559. The first-order valence-corrected chi connectivity index (χ1v) is 7.61. The largest absolute Gasteiger partial charge is 0.507 e. The van der Waals surface area contributed by atoms with Gasteiger partial charge in [-0.15, -0.1) is 11.3 Å². The molecule has 0 saturated carbocycles. The molecule has 0 radical (unpaired) electrons. The maximum absolute atomic E-state index is 9.87. The molecule has 0 saturated heterocycles. The Morgan fingerprint density at radius 2 is 1.75 bits per heavy atom. The average molecular weight is 291 g/mol. The van der Waals surface area contributed by atoms with Gasteiger partial charge in [-0.2, -0.15) is 0 Å². The van der Waals surface area contributed by atoms with Crippen LogP contribution in [0.25, 0.3) is 0 Å². The Labute approximate surface area is 123 Å². The topological polar surface area (TPSA) is 52.5 Å². The summed E-state index contributed by atoms with van der Waals surface area (Å²) >= 11 is 1.81. The van der Waals surface area contributed by atoms with Crippen LogP contribution in [0.4, 0.5) is 0 Å². The molecule has 20 heavy (non-hydrogen) atoms. The number of aromatic hydroxyl groups is 2. The first kappa shape index (κ1) is 14.9. The van der Waals surface area contributed by atoms with E-state index < -0.39 is 0 Å². The van der Waals surface area contributed by atoms with E-state index in [1.807, 2.05) is 6.92 Å². The third-order valence-electron chi connectivity index (χ3n) is 3.33. The summed E-state index contributed by atoms with van der Waals surface area (Å²) in [7, 11) is 0. The van der Waals surface area contributed by atoms with Crippen molar-refractivity contribution in [2.75, 3.05) is 0 Å². The van der Waals surface area contributed by atoms with Gasteiger partial charge in [0.25, 0.3) is 0 Å². The van der Waals surface area contributed by atoms with E-state index in [-0.39, 0.29) is 23.6 Å². The molecular formula is C16H21NO2S. The number of aryl methyl sites for hydroxylation is 1. The number of thiophene rings is 1. The maximum Gasteiger partial charge on any atom is 0.124 e. The molecular weight excluding hydrogens is 270 g/mol. The minimum atomic E-state index is -0.104. The minimum absolute atomic E-state index is 0.104. The van der Waals surface area contributed by atoms with Crippen LogP contribution in [0.2, 0.25) is 0 Å². The van der Waals surface area contributed by atoms with E-state index in [1.54, 1.807) is 29.5 Å². The van der Waals surface area contributed by atoms with E-state index in [4.69, 9.17) is 0 Å². The minimum Gasteiger partial charge on any atom is -0.507 e. The smallest absolute Gasteiger partial charge is 0.124 e. The molecule has 2 aromatic rings. The summed E-state index contributed by atoms with van der Waals surface area (Å²) in [6, 6.07) is 9.28. The van der Waals surface area contributed by atoms with Gasteiger partial charge in [0.15, 0.2) is 0 Å². The number of phenols is 2. The van der Waals surface area contributed by atoms with Crippen molar-refractivity contribution in [1.29, 1.82) is 0 Å². The molecule has 1 heterocycles. The van der Waals surface area contributed by atoms with Gasteiger partial charge in [0.1, 0.15) is 11.5 Å². The van der Waals surface area contributed by atoms with Gasteiger partial charge in [0.05, 0.1) is 5.56 Å². The van der Waals surface area contributed by atoms with E-state index in [0.29, 0.717) is 5.56 Å². The molecule has 1 aromatic carbocycles. The van der Waals surface area contributed by atoms with E-state index >= 15 is 0 Å². The fourth-order valence-electron chi connectivity index (χ4n) is 2.45. The number of phenolic OH excluding ortho intramolecular Hbond substituents is 2. The fourth-order valence-corrected chi connectivity index (χ4v) is 3.47. The van der Waals surface area contributed by atoms with Crippen LogP contribution in [0.5, 0.6) is 11.5 Å². The SMILES string of the molecule is Cc1ccc(CC(C)NC(C)c2c(O)cccc2O)s1. The molecule has 1 aromatic heterocycles. The van der Waals surface area contributed by atoms with Crippen molar-refractivity contribution in [1.82, 2.24) is 5.32 Å². The molecule has 0 bridgehead atoms. The Kier molecular flexibility index (Phi) is 4.68. The number of hydrogen-bond acceptors (Lipinski definition) is 4. The third-order valence-corrected chi connectivity index (χ3v) is 4.35. The molecule has 0 aliphatic heterocycles. The van der Waals surface area contributed by atoms with E-state index in [1.165, 1.54) is 9.75 Å². The van der Waals surface area contributed by atoms with Crippen LogP contribution in [0.15, 0.2) is 30.3 Å². The first-order valence-electron chi connectivity index (χ1n) is 6.79. The maximum atomic E-state index is 9.87. The van der Waals surface area contributed by atoms with Crippen molar-refractivity contribution < 1.29 is 10.2 Å². The predicted octanol–water partition coefficient (Wildman–Crippen LogP) is 3.75. The average Bonchev–Trinajstić information content (AvgIpc) is 2.74. The van der Waals surface area contributed by atoms with Crippen molar-refractivity contribution in [2.24, 2.45) is 0 Å². The molecule has 3 N–H and O–H groups in total. The quantitative estimate of drug-likeness (QED) is 0.786. The van der Waals surface area contributed by atoms with Gasteiger partial charge in [0.2, 0.25) is 0 Å². The summed E-state index contributed by atoms with van der Waals surface area (Å²) in [5.74, 6) is 0.258. The third kappa shape index (κ3) is 3.52. The van der Waals surface area contributed by atoms with Crippen LogP contribution in [-0.2, 0) is 6.42 Å². The van der Waals surface area contributed by atoms with E-state index in [9.17, 15) is 10.2 Å². The van der Waals surface area contributed by atoms with Crippen molar-refractivity contribution in [2.45, 2.75) is 39.3 Å². The number of hydrogen-bond donors (Lipinski definition) is 3. The highest BCUT2D eigenvalue weighted by molar-refractivity contribution is 7.11. The number of benzene rings is 1. The molecule has 3 nitrogen and oxygen atoms in total. The molecule has 0 aliphatic carbocycles. The van der Waals surface area contributed by atoms with Crippen molar-refractivity contribution in [3.63, 3.8) is 0 Å². The normalized spacial score (nSPS) is 14.2. The first-order chi connectivity index (χ1) is 9.47. The van der Waals surface area contributed by atoms with Gasteiger partial charge < -0.3 is 15.5 Å². The molecule has 2 rings (SSSR count). The van der Waals surface area contributed by atoms with E-state index in [0.717, 1.165) is 6.42 Å². The Morgan fingerprint density at radius 3 is 2.30 bits per heavy atom. The van der Waals surface area contributed by atoms with Gasteiger partial charge in [-0.05, 0) is 51.5 Å². The fraction of sp³-hybridized carbons (Fsp3) is 0.375. The number of rotatable bonds is 5. The summed E-state index contributed by atoms with van der Waals surface area (Å²) < 4.78 is 0. The molecule has 0 amide bonds. The highest BCUT2D eigenvalue weighted by Crippen LogP contribution is 2.32. The second kappa shape index (κ2) is 6.29. The molecule has 2 atom stereocenters. The summed E-state index contributed by atoms with van der Waals surface area (Å²) in [6.45, 7) is 6.17. The van der Waals surface area contributed by atoms with E-state index in [2.05, 4.69) is 31.3 Å². The second-order valence-corrected chi connectivity index (χ2v) is 6.59. The van der Waals surface area contributed by atoms with Gasteiger partial charge >= 0.3 is 0 Å². The Balaban J connectivity index is 2.02. The van der Waals surface area contributed by atoms with Gasteiger partial charge in [0, 0.05) is 21.8 Å². The zero-order valence-electron chi connectivity index (χ0n) is 12.1. The second-order valence-electron chi connectivity index (χ2n) is 5.22. The van der Waals surface area contributed by atoms with Crippen LogP contribution in [0.3, 0.4) is 0 Å². The highest BCUT2D eigenvalue weighted by atomic mass is 32.1. The number of nitrogens with one attached hydrogen (secondary N) is 1. The molecule has 0 aliphatic rings. The summed E-state index contributed by atoms with van der Waals surface area (Å²) in [5, 5.41) is 23.2. The van der Waals surface area contributed by atoms with Crippen molar-refractivity contribution >= 4 is 11.3 Å². The Morgan fingerprint density at radius 1 is 1.10 bits per heavy atom. The molecule has 0 spiro atoms. The summed E-state index contributed by atoms with van der Waals surface area (Å²) in [6.07, 6.45) is 0.942. The molecule has 4 heteroatoms. The van der Waals surface area contributed by atoms with Crippen molar-refractivity contribution in [3.05, 3.63) is 45.6 Å². The lowest BCUT2D eigenvalue weighted by atomic mass is 10.0. The van der Waals surface area contributed by atoms with Gasteiger partial charge in [-0.3, -0.25) is 0 Å². The van der Waals surface area contributed by atoms with Crippen LogP contribution >= 0.6 is 11.3 Å². The zero-order valence-corrected chi connectivity index (χ0v) is 12.9. The lowest BCUT2D eigenvalue weighted by Crippen LogP contribution is -2.30. The monoisotopic (exact) mass is 291 g/mol. The lowest BCUT2D eigenvalue weighted by molar-refractivity contribution is 0.404. The standard InChI is InChI=1S/C16H21NO2S/c1-10(9-13-8-7-11(2)20-13)17-12(3)16-14(18)5-4-6-15(16)19/h4-8,10,12,17-19H,9H2,1-3H3.